The Bertz CT molecular complexity index is 801. The molecule has 3 N–H and O–H groups in total. The van der Waals surface area contributed by atoms with Gasteiger partial charge < -0.3 is 10.2 Å². The van der Waals surface area contributed by atoms with E-state index >= 15 is 0 Å². The number of imide groups is 1. The first-order valence-corrected chi connectivity index (χ1v) is 9.33. The average molecular weight is 387 g/mol. The van der Waals surface area contributed by atoms with E-state index < -0.39 is 29.9 Å². The van der Waals surface area contributed by atoms with Crippen LogP contribution in [0.25, 0.3) is 0 Å². The van der Waals surface area contributed by atoms with E-state index in [0.29, 0.717) is 18.4 Å². The molecule has 0 aromatic heterocycles. The fraction of sp³-hybridized carbons (Fsp3) is 0.474. The van der Waals surface area contributed by atoms with Gasteiger partial charge in [0.25, 0.3) is 17.7 Å². The highest BCUT2D eigenvalue weighted by Crippen LogP contribution is 2.33. The van der Waals surface area contributed by atoms with Gasteiger partial charge in [-0.3, -0.25) is 30.1 Å². The van der Waals surface area contributed by atoms with Gasteiger partial charge >= 0.3 is 6.03 Å². The van der Waals surface area contributed by atoms with Crippen molar-refractivity contribution in [2.24, 2.45) is 0 Å². The predicted octanol–water partition coefficient (Wildman–Crippen LogP) is 0.768. The van der Waals surface area contributed by atoms with Gasteiger partial charge in [0.2, 0.25) is 0 Å². The van der Waals surface area contributed by atoms with Crippen LogP contribution in [0.4, 0.5) is 10.5 Å². The van der Waals surface area contributed by atoms with Crippen molar-refractivity contribution in [3.8, 4) is 0 Å². The predicted molar refractivity (Wildman–Crippen MR) is 102 cm³/mol. The normalized spacial score (nSPS) is 18.0. The summed E-state index contributed by atoms with van der Waals surface area (Å²) in [6, 6.07) is 6.34. The van der Waals surface area contributed by atoms with Crippen LogP contribution in [0.2, 0.25) is 0 Å². The zero-order valence-corrected chi connectivity index (χ0v) is 16.1. The molecule has 2 fully saturated rings. The van der Waals surface area contributed by atoms with Crippen molar-refractivity contribution in [3.63, 3.8) is 0 Å². The Kier molecular flexibility index (Phi) is 5.53. The third kappa shape index (κ3) is 3.92. The molecule has 1 saturated carbocycles. The number of urea groups is 1. The molecule has 0 unspecified atom stereocenters. The zero-order valence-electron chi connectivity index (χ0n) is 16.1. The zero-order chi connectivity index (χ0) is 20.3. The molecule has 1 aliphatic carbocycles. The summed E-state index contributed by atoms with van der Waals surface area (Å²) in [4.78, 5) is 52.0. The van der Waals surface area contributed by atoms with Gasteiger partial charge in [-0.2, -0.15) is 0 Å². The highest BCUT2D eigenvalue weighted by Gasteiger charge is 2.51. The third-order valence-electron chi connectivity index (χ3n) is 5.19. The van der Waals surface area contributed by atoms with E-state index in [9.17, 15) is 19.2 Å². The van der Waals surface area contributed by atoms with Crippen LogP contribution in [0.5, 0.6) is 0 Å². The van der Waals surface area contributed by atoms with Crippen molar-refractivity contribution in [3.05, 3.63) is 29.8 Å². The maximum atomic E-state index is 12.7. The van der Waals surface area contributed by atoms with E-state index in [1.54, 1.807) is 18.2 Å². The second-order valence-electron chi connectivity index (χ2n) is 7.41. The SMILES string of the molecule is CN(C)c1cccc(C(=O)NNC(=O)CN2C(=O)NC3(CCCCC3)C2=O)c1. The number of anilines is 1. The molecule has 1 saturated heterocycles. The van der Waals surface area contributed by atoms with Crippen molar-refractivity contribution in [1.29, 1.82) is 0 Å². The summed E-state index contributed by atoms with van der Waals surface area (Å²) in [5, 5.41) is 2.75. The quantitative estimate of drug-likeness (QED) is 0.522. The minimum absolute atomic E-state index is 0.364. The van der Waals surface area contributed by atoms with Gasteiger partial charge in [0, 0.05) is 25.3 Å². The van der Waals surface area contributed by atoms with Gasteiger partial charge in [0.05, 0.1) is 0 Å². The number of benzene rings is 1. The summed E-state index contributed by atoms with van der Waals surface area (Å²) in [6.45, 7) is -0.440. The number of carbonyl (C=O) groups excluding carboxylic acids is 4. The van der Waals surface area contributed by atoms with Crippen molar-refractivity contribution < 1.29 is 19.2 Å². The highest BCUT2D eigenvalue weighted by molar-refractivity contribution is 6.09. The van der Waals surface area contributed by atoms with Gasteiger partial charge in [-0.05, 0) is 31.0 Å². The van der Waals surface area contributed by atoms with E-state index in [-0.39, 0.29) is 5.91 Å². The molecular formula is C19H25N5O4. The standard InChI is InChI=1S/C19H25N5O4/c1-23(2)14-8-6-7-13(11-14)16(26)22-21-15(25)12-24-17(27)19(20-18(24)28)9-4-3-5-10-19/h6-8,11H,3-5,9-10,12H2,1-2H3,(H,20,28)(H,21,25)(H,22,26). The fourth-order valence-corrected chi connectivity index (χ4v) is 3.62. The summed E-state index contributed by atoms with van der Waals surface area (Å²) in [5.74, 6) is -1.50. The first-order valence-electron chi connectivity index (χ1n) is 9.33. The Morgan fingerprint density at radius 1 is 1.14 bits per heavy atom. The van der Waals surface area contributed by atoms with E-state index in [0.717, 1.165) is 29.8 Å². The molecule has 9 heteroatoms. The Morgan fingerprint density at radius 2 is 1.86 bits per heavy atom. The summed E-state index contributed by atoms with van der Waals surface area (Å²) >= 11 is 0. The number of nitrogens with one attached hydrogen (secondary N) is 3. The maximum Gasteiger partial charge on any atom is 0.325 e. The number of nitrogens with zero attached hydrogens (tertiary/aromatic N) is 2. The molecule has 1 spiro atoms. The molecule has 2 aliphatic rings. The summed E-state index contributed by atoms with van der Waals surface area (Å²) in [5.41, 5.74) is 4.93. The van der Waals surface area contributed by atoms with Crippen LogP contribution >= 0.6 is 0 Å². The van der Waals surface area contributed by atoms with Crippen LogP contribution in [-0.4, -0.2) is 54.8 Å². The number of hydrogen-bond donors (Lipinski definition) is 3. The summed E-state index contributed by atoms with van der Waals surface area (Å²) in [6.07, 6.45) is 3.96. The highest BCUT2D eigenvalue weighted by atomic mass is 16.2. The van der Waals surface area contributed by atoms with Crippen molar-refractivity contribution in [2.45, 2.75) is 37.6 Å². The number of amides is 5. The molecule has 0 bridgehead atoms. The lowest BCUT2D eigenvalue weighted by atomic mass is 9.82. The molecule has 1 aliphatic heterocycles. The molecule has 1 heterocycles. The summed E-state index contributed by atoms with van der Waals surface area (Å²) in [7, 11) is 3.71. The minimum Gasteiger partial charge on any atom is -0.378 e. The first-order chi connectivity index (χ1) is 13.3. The fourth-order valence-electron chi connectivity index (χ4n) is 3.62. The summed E-state index contributed by atoms with van der Waals surface area (Å²) < 4.78 is 0. The lowest BCUT2D eigenvalue weighted by Gasteiger charge is -2.30. The number of hydrazine groups is 1. The van der Waals surface area contributed by atoms with Gasteiger partial charge in [-0.25, -0.2) is 4.79 Å². The molecule has 5 amide bonds. The maximum absolute atomic E-state index is 12.7. The Morgan fingerprint density at radius 3 is 2.54 bits per heavy atom. The van der Waals surface area contributed by atoms with Crippen LogP contribution in [0.3, 0.4) is 0 Å². The van der Waals surface area contributed by atoms with E-state index in [4.69, 9.17) is 0 Å². The van der Waals surface area contributed by atoms with Crippen molar-refractivity contribution in [2.75, 3.05) is 25.5 Å². The molecule has 0 atom stereocenters. The van der Waals surface area contributed by atoms with Crippen LogP contribution in [0.15, 0.2) is 24.3 Å². The van der Waals surface area contributed by atoms with Crippen LogP contribution in [0.1, 0.15) is 42.5 Å². The lowest BCUT2D eigenvalue weighted by Crippen LogP contribution is -2.50. The minimum atomic E-state index is -0.870. The molecule has 9 nitrogen and oxygen atoms in total. The first kappa shape index (κ1) is 19.7. The molecule has 1 aromatic carbocycles. The lowest BCUT2D eigenvalue weighted by molar-refractivity contribution is -0.136. The number of hydrogen-bond acceptors (Lipinski definition) is 5. The largest absolute Gasteiger partial charge is 0.378 e. The molecule has 3 rings (SSSR count). The Hall–Kier alpha value is -3.10. The van der Waals surface area contributed by atoms with Gasteiger partial charge in [0.15, 0.2) is 0 Å². The van der Waals surface area contributed by atoms with Crippen molar-refractivity contribution >= 4 is 29.4 Å². The molecule has 150 valence electrons. The molecule has 28 heavy (non-hydrogen) atoms. The van der Waals surface area contributed by atoms with Crippen LogP contribution in [-0.2, 0) is 9.59 Å². The molecular weight excluding hydrogens is 362 g/mol. The third-order valence-corrected chi connectivity index (χ3v) is 5.19. The monoisotopic (exact) mass is 387 g/mol. The van der Waals surface area contributed by atoms with Crippen molar-refractivity contribution in [1.82, 2.24) is 21.1 Å². The second kappa shape index (κ2) is 7.87. The van der Waals surface area contributed by atoms with Gasteiger partial charge in [0.1, 0.15) is 12.1 Å². The van der Waals surface area contributed by atoms with Crippen LogP contribution in [0, 0.1) is 0 Å². The Labute approximate surface area is 163 Å². The Balaban J connectivity index is 1.56. The number of carbonyl (C=O) groups is 4. The van der Waals surface area contributed by atoms with E-state index in [1.807, 2.05) is 25.1 Å². The van der Waals surface area contributed by atoms with Gasteiger partial charge in [-0.1, -0.05) is 25.3 Å². The second-order valence-corrected chi connectivity index (χ2v) is 7.41. The molecule has 0 radical (unpaired) electrons. The van der Waals surface area contributed by atoms with Crippen LogP contribution < -0.4 is 21.1 Å². The smallest absolute Gasteiger partial charge is 0.325 e. The van der Waals surface area contributed by atoms with E-state index in [1.165, 1.54) is 0 Å². The molecule has 1 aromatic rings. The average Bonchev–Trinajstić information content (AvgIpc) is 2.90. The number of rotatable bonds is 4. The van der Waals surface area contributed by atoms with E-state index in [2.05, 4.69) is 16.2 Å². The van der Waals surface area contributed by atoms with Gasteiger partial charge in [-0.15, -0.1) is 0 Å². The topological polar surface area (TPSA) is 111 Å².